The third kappa shape index (κ3) is 3.50. The summed E-state index contributed by atoms with van der Waals surface area (Å²) in [5.41, 5.74) is 1.11. The number of ether oxygens (including phenoxy) is 1. The van der Waals surface area contributed by atoms with Gasteiger partial charge in [0.2, 0.25) is 0 Å². The van der Waals surface area contributed by atoms with Gasteiger partial charge in [0.25, 0.3) is 5.56 Å². The predicted octanol–water partition coefficient (Wildman–Crippen LogP) is 1.82. The first kappa shape index (κ1) is 18.8. The van der Waals surface area contributed by atoms with Gasteiger partial charge in [0.1, 0.15) is 11.6 Å². The zero-order chi connectivity index (χ0) is 19.6. The van der Waals surface area contributed by atoms with E-state index in [1.807, 2.05) is 0 Å². The molecular weight excluding hydrogens is 351 g/mol. The third-order valence-electron chi connectivity index (χ3n) is 4.64. The average molecular weight is 372 g/mol. The smallest absolute Gasteiger partial charge is 0.331 e. The van der Waals surface area contributed by atoms with E-state index in [2.05, 4.69) is 0 Å². The number of hydrogen-bond acceptors (Lipinski definition) is 4. The number of aliphatic hydroxyl groups excluding tert-OH is 1. The normalized spacial score (nSPS) is 11.1. The third-order valence-corrected chi connectivity index (χ3v) is 4.64. The zero-order valence-electron chi connectivity index (χ0n) is 15.2. The minimum atomic E-state index is -0.432. The van der Waals surface area contributed by atoms with E-state index in [9.17, 15) is 14.0 Å². The van der Waals surface area contributed by atoms with Crippen molar-refractivity contribution in [1.82, 2.24) is 9.13 Å². The SMILES string of the molecule is COc1ccc2c(c1Cc1ccc(F)cc1)c(=O)n(CCCO)c(=O)n2C. The van der Waals surface area contributed by atoms with Gasteiger partial charge in [-0.2, -0.15) is 0 Å². The summed E-state index contributed by atoms with van der Waals surface area (Å²) >= 11 is 0. The van der Waals surface area contributed by atoms with E-state index < -0.39 is 11.2 Å². The van der Waals surface area contributed by atoms with Gasteiger partial charge in [-0.1, -0.05) is 12.1 Å². The van der Waals surface area contributed by atoms with Crippen LogP contribution in [-0.4, -0.2) is 28.0 Å². The second-order valence-corrected chi connectivity index (χ2v) is 6.32. The predicted molar refractivity (Wildman–Crippen MR) is 101 cm³/mol. The Morgan fingerprint density at radius 2 is 1.81 bits per heavy atom. The monoisotopic (exact) mass is 372 g/mol. The van der Waals surface area contributed by atoms with Crippen LogP contribution in [0.25, 0.3) is 10.9 Å². The van der Waals surface area contributed by atoms with E-state index in [1.165, 1.54) is 23.8 Å². The first-order valence-electron chi connectivity index (χ1n) is 8.62. The van der Waals surface area contributed by atoms with E-state index in [4.69, 9.17) is 9.84 Å². The molecule has 1 N–H and O–H groups in total. The van der Waals surface area contributed by atoms with Crippen molar-refractivity contribution in [2.24, 2.45) is 7.05 Å². The molecule has 1 aromatic heterocycles. The molecule has 0 aliphatic carbocycles. The first-order chi connectivity index (χ1) is 13.0. The van der Waals surface area contributed by atoms with Crippen LogP contribution in [0.4, 0.5) is 4.39 Å². The summed E-state index contributed by atoms with van der Waals surface area (Å²) in [4.78, 5) is 25.6. The molecule has 3 aromatic rings. The fraction of sp³-hybridized carbons (Fsp3) is 0.300. The minimum Gasteiger partial charge on any atom is -0.496 e. The van der Waals surface area contributed by atoms with E-state index in [0.29, 0.717) is 35.1 Å². The zero-order valence-corrected chi connectivity index (χ0v) is 15.2. The fourth-order valence-corrected chi connectivity index (χ4v) is 3.24. The number of rotatable bonds is 6. The van der Waals surface area contributed by atoms with E-state index in [0.717, 1.165) is 10.1 Å². The molecule has 1 heterocycles. The van der Waals surface area contributed by atoms with Crippen molar-refractivity contribution >= 4 is 10.9 Å². The Labute approximate surface area is 155 Å². The van der Waals surface area contributed by atoms with Crippen molar-refractivity contribution in [3.8, 4) is 5.75 Å². The van der Waals surface area contributed by atoms with Crippen molar-refractivity contribution < 1.29 is 14.2 Å². The van der Waals surface area contributed by atoms with Crippen LogP contribution in [0, 0.1) is 5.82 Å². The van der Waals surface area contributed by atoms with Gasteiger partial charge >= 0.3 is 5.69 Å². The fourth-order valence-electron chi connectivity index (χ4n) is 3.24. The summed E-state index contributed by atoms with van der Waals surface area (Å²) in [6, 6.07) is 9.43. The standard InChI is InChI=1S/C20H21FN2O4/c1-22-16-8-9-17(27-2)15(12-13-4-6-14(21)7-5-13)18(16)19(25)23(20(22)26)10-3-11-24/h4-9,24H,3,10-12H2,1-2H3. The summed E-state index contributed by atoms with van der Waals surface area (Å²) in [5.74, 6) is 0.189. The quantitative estimate of drug-likeness (QED) is 0.716. The summed E-state index contributed by atoms with van der Waals surface area (Å²) in [6.07, 6.45) is 0.659. The molecule has 0 saturated heterocycles. The Bertz CT molecular complexity index is 1080. The molecule has 2 aromatic carbocycles. The highest BCUT2D eigenvalue weighted by Gasteiger charge is 2.18. The molecule has 0 bridgehead atoms. The van der Waals surface area contributed by atoms with Gasteiger partial charge in [-0.3, -0.25) is 13.9 Å². The molecule has 0 fully saturated rings. The van der Waals surface area contributed by atoms with E-state index >= 15 is 0 Å². The summed E-state index contributed by atoms with van der Waals surface area (Å²) in [6.45, 7) is 0.0132. The summed E-state index contributed by atoms with van der Waals surface area (Å²) in [5, 5.41) is 9.46. The van der Waals surface area contributed by atoms with Crippen LogP contribution >= 0.6 is 0 Å². The van der Waals surface area contributed by atoms with Crippen LogP contribution in [0.1, 0.15) is 17.5 Å². The Morgan fingerprint density at radius 1 is 1.11 bits per heavy atom. The Kier molecular flexibility index (Phi) is 5.41. The van der Waals surface area contributed by atoms with Gasteiger partial charge < -0.3 is 9.84 Å². The molecule has 7 heteroatoms. The highest BCUT2D eigenvalue weighted by atomic mass is 19.1. The van der Waals surface area contributed by atoms with Crippen molar-refractivity contribution in [3.63, 3.8) is 0 Å². The number of aliphatic hydroxyl groups is 1. The second kappa shape index (κ2) is 7.75. The molecule has 0 amide bonds. The lowest BCUT2D eigenvalue weighted by Crippen LogP contribution is -2.39. The molecule has 0 saturated carbocycles. The number of fused-ring (bicyclic) bond motifs is 1. The van der Waals surface area contributed by atoms with Crippen LogP contribution < -0.4 is 16.0 Å². The molecular formula is C20H21FN2O4. The number of aryl methyl sites for hydroxylation is 1. The second-order valence-electron chi connectivity index (χ2n) is 6.32. The largest absolute Gasteiger partial charge is 0.496 e. The number of nitrogens with zero attached hydrogens (tertiary/aromatic N) is 2. The van der Waals surface area contributed by atoms with Crippen molar-refractivity contribution in [1.29, 1.82) is 0 Å². The van der Waals surface area contributed by atoms with E-state index in [-0.39, 0.29) is 19.0 Å². The molecule has 27 heavy (non-hydrogen) atoms. The van der Waals surface area contributed by atoms with Gasteiger partial charge in [0.15, 0.2) is 0 Å². The Balaban J connectivity index is 2.29. The molecule has 0 aliphatic rings. The highest BCUT2D eigenvalue weighted by molar-refractivity contribution is 5.84. The van der Waals surface area contributed by atoms with Gasteiger partial charge in [0, 0.05) is 32.2 Å². The lowest BCUT2D eigenvalue weighted by Gasteiger charge is -2.16. The lowest BCUT2D eigenvalue weighted by molar-refractivity contribution is 0.277. The van der Waals surface area contributed by atoms with Gasteiger partial charge in [-0.05, 0) is 36.2 Å². The molecule has 0 atom stereocenters. The number of hydrogen-bond donors (Lipinski definition) is 1. The first-order valence-corrected chi connectivity index (χ1v) is 8.62. The Morgan fingerprint density at radius 3 is 2.44 bits per heavy atom. The molecule has 0 spiro atoms. The van der Waals surface area contributed by atoms with Crippen LogP contribution in [0.2, 0.25) is 0 Å². The lowest BCUT2D eigenvalue weighted by atomic mass is 9.99. The molecule has 0 aliphatic heterocycles. The van der Waals surface area contributed by atoms with Crippen LogP contribution in [0.15, 0.2) is 46.0 Å². The topological polar surface area (TPSA) is 73.5 Å². The molecule has 6 nitrogen and oxygen atoms in total. The number of aromatic nitrogens is 2. The summed E-state index contributed by atoms with van der Waals surface area (Å²) < 4.78 is 21.2. The maximum absolute atomic E-state index is 13.2. The van der Waals surface area contributed by atoms with Gasteiger partial charge in [0.05, 0.1) is 18.0 Å². The summed E-state index contributed by atoms with van der Waals surface area (Å²) in [7, 11) is 3.12. The molecule has 142 valence electrons. The molecule has 0 unspecified atom stereocenters. The van der Waals surface area contributed by atoms with Gasteiger partial charge in [-0.15, -0.1) is 0 Å². The van der Waals surface area contributed by atoms with E-state index in [1.54, 1.807) is 31.3 Å². The molecule has 0 radical (unpaired) electrons. The minimum absolute atomic E-state index is 0.117. The van der Waals surface area contributed by atoms with Gasteiger partial charge in [-0.25, -0.2) is 9.18 Å². The Hall–Kier alpha value is -2.93. The number of halogens is 1. The van der Waals surface area contributed by atoms with Crippen LogP contribution in [0.5, 0.6) is 5.75 Å². The van der Waals surface area contributed by atoms with Crippen molar-refractivity contribution in [2.75, 3.05) is 13.7 Å². The van der Waals surface area contributed by atoms with Crippen molar-refractivity contribution in [3.05, 3.63) is 74.2 Å². The number of methoxy groups -OCH3 is 1. The maximum atomic E-state index is 13.2. The highest BCUT2D eigenvalue weighted by Crippen LogP contribution is 2.27. The van der Waals surface area contributed by atoms with Crippen molar-refractivity contribution in [2.45, 2.75) is 19.4 Å². The van der Waals surface area contributed by atoms with Crippen LogP contribution in [0.3, 0.4) is 0 Å². The average Bonchev–Trinajstić information content (AvgIpc) is 2.67. The number of benzene rings is 2. The van der Waals surface area contributed by atoms with Crippen LogP contribution in [-0.2, 0) is 20.0 Å². The molecule has 3 rings (SSSR count). The maximum Gasteiger partial charge on any atom is 0.331 e.